The molecule has 0 radical (unpaired) electrons. The first-order chi connectivity index (χ1) is 9.41. The van der Waals surface area contributed by atoms with Crippen molar-refractivity contribution >= 4 is 5.91 Å². The summed E-state index contributed by atoms with van der Waals surface area (Å²) >= 11 is 0. The fraction of sp³-hybridized carbons (Fsp3) is 0.867. The maximum Gasteiger partial charge on any atom is 0.221 e. The average molecular weight is 280 g/mol. The molecule has 3 atom stereocenters. The van der Waals surface area contributed by atoms with Crippen LogP contribution in [-0.2, 0) is 4.79 Å². The highest BCUT2D eigenvalue weighted by Crippen LogP contribution is 2.22. The SMILES string of the molecule is CNC(C)(C#N)CCCCN1CC(C(N)=O)CCC1C. The summed E-state index contributed by atoms with van der Waals surface area (Å²) in [4.78, 5) is 13.7. The lowest BCUT2D eigenvalue weighted by molar-refractivity contribution is -0.123. The summed E-state index contributed by atoms with van der Waals surface area (Å²) in [7, 11) is 1.83. The van der Waals surface area contributed by atoms with Crippen LogP contribution in [0.2, 0.25) is 0 Å². The first-order valence-corrected chi connectivity index (χ1v) is 7.55. The van der Waals surface area contributed by atoms with E-state index in [9.17, 15) is 4.79 Å². The molecular weight excluding hydrogens is 252 g/mol. The molecule has 0 aromatic carbocycles. The second-order valence-electron chi connectivity index (χ2n) is 6.17. The van der Waals surface area contributed by atoms with Crippen LogP contribution in [0.5, 0.6) is 0 Å². The number of rotatable bonds is 7. The van der Waals surface area contributed by atoms with E-state index in [2.05, 4.69) is 23.2 Å². The number of hydrogen-bond acceptors (Lipinski definition) is 4. The maximum absolute atomic E-state index is 11.3. The molecule has 114 valence electrons. The van der Waals surface area contributed by atoms with Gasteiger partial charge in [0.05, 0.1) is 12.0 Å². The fourth-order valence-electron chi connectivity index (χ4n) is 2.75. The zero-order chi connectivity index (χ0) is 15.2. The molecule has 0 aromatic rings. The van der Waals surface area contributed by atoms with Gasteiger partial charge in [0.1, 0.15) is 5.54 Å². The van der Waals surface area contributed by atoms with E-state index in [0.717, 1.165) is 45.2 Å². The summed E-state index contributed by atoms with van der Waals surface area (Å²) in [5.74, 6) is -0.165. The van der Waals surface area contributed by atoms with Crippen molar-refractivity contribution < 1.29 is 4.79 Å². The quantitative estimate of drug-likeness (QED) is 0.688. The second-order valence-corrected chi connectivity index (χ2v) is 6.17. The summed E-state index contributed by atoms with van der Waals surface area (Å²) < 4.78 is 0. The van der Waals surface area contributed by atoms with Gasteiger partial charge in [0.25, 0.3) is 0 Å². The third kappa shape index (κ3) is 4.77. The highest BCUT2D eigenvalue weighted by atomic mass is 16.1. The number of hydrogen-bond donors (Lipinski definition) is 2. The van der Waals surface area contributed by atoms with Crippen LogP contribution < -0.4 is 11.1 Å². The van der Waals surface area contributed by atoms with Crippen molar-refractivity contribution in [1.82, 2.24) is 10.2 Å². The highest BCUT2D eigenvalue weighted by Gasteiger charge is 2.28. The van der Waals surface area contributed by atoms with Crippen molar-refractivity contribution in [3.63, 3.8) is 0 Å². The Labute approximate surface area is 122 Å². The second kappa shape index (κ2) is 7.61. The van der Waals surface area contributed by atoms with Gasteiger partial charge in [-0.1, -0.05) is 0 Å². The Hall–Kier alpha value is -1.12. The molecule has 3 unspecified atom stereocenters. The largest absolute Gasteiger partial charge is 0.369 e. The Balaban J connectivity index is 2.33. The van der Waals surface area contributed by atoms with E-state index in [1.54, 1.807) is 0 Å². The van der Waals surface area contributed by atoms with E-state index < -0.39 is 5.54 Å². The summed E-state index contributed by atoms with van der Waals surface area (Å²) in [6.07, 6.45) is 4.87. The normalized spacial score (nSPS) is 26.7. The summed E-state index contributed by atoms with van der Waals surface area (Å²) in [5.41, 5.74) is 4.99. The zero-order valence-corrected chi connectivity index (χ0v) is 13.0. The van der Waals surface area contributed by atoms with Crippen LogP contribution >= 0.6 is 0 Å². The number of primary amides is 1. The van der Waals surface area contributed by atoms with E-state index in [0.29, 0.717) is 6.04 Å². The first kappa shape index (κ1) is 16.9. The highest BCUT2D eigenvalue weighted by molar-refractivity contribution is 5.76. The smallest absolute Gasteiger partial charge is 0.221 e. The van der Waals surface area contributed by atoms with E-state index >= 15 is 0 Å². The number of piperidine rings is 1. The van der Waals surface area contributed by atoms with Crippen LogP contribution in [0, 0.1) is 17.2 Å². The maximum atomic E-state index is 11.3. The predicted molar refractivity (Wildman–Crippen MR) is 79.9 cm³/mol. The van der Waals surface area contributed by atoms with Gasteiger partial charge in [-0.25, -0.2) is 0 Å². The van der Waals surface area contributed by atoms with Gasteiger partial charge < -0.3 is 11.1 Å². The molecule has 5 nitrogen and oxygen atoms in total. The number of unbranched alkanes of at least 4 members (excludes halogenated alkanes) is 1. The molecule has 0 aliphatic carbocycles. The number of nitrogens with two attached hydrogens (primary N) is 1. The van der Waals surface area contributed by atoms with Gasteiger partial charge in [-0.2, -0.15) is 5.26 Å². The Morgan fingerprint density at radius 1 is 1.50 bits per heavy atom. The first-order valence-electron chi connectivity index (χ1n) is 7.55. The van der Waals surface area contributed by atoms with Crippen molar-refractivity contribution in [3.05, 3.63) is 0 Å². The molecule has 0 aromatic heterocycles. The minimum atomic E-state index is -0.427. The lowest BCUT2D eigenvalue weighted by Crippen LogP contribution is -2.46. The Morgan fingerprint density at radius 3 is 2.75 bits per heavy atom. The zero-order valence-electron chi connectivity index (χ0n) is 13.0. The van der Waals surface area contributed by atoms with Crippen LogP contribution in [0.1, 0.15) is 46.0 Å². The van der Waals surface area contributed by atoms with Gasteiger partial charge >= 0.3 is 0 Å². The molecule has 1 heterocycles. The van der Waals surface area contributed by atoms with Crippen LogP contribution in [0.4, 0.5) is 0 Å². The minimum Gasteiger partial charge on any atom is -0.369 e. The van der Waals surface area contributed by atoms with Gasteiger partial charge in [-0.05, 0) is 59.5 Å². The summed E-state index contributed by atoms with van der Waals surface area (Å²) in [6, 6.07) is 2.84. The predicted octanol–water partition coefficient (Wildman–Crippen LogP) is 1.24. The Morgan fingerprint density at radius 2 is 2.20 bits per heavy atom. The van der Waals surface area contributed by atoms with Crippen LogP contribution in [0.15, 0.2) is 0 Å². The topological polar surface area (TPSA) is 82.2 Å². The number of carbonyl (C=O) groups excluding carboxylic acids is 1. The lowest BCUT2D eigenvalue weighted by Gasteiger charge is -2.37. The Kier molecular flexibility index (Phi) is 6.44. The lowest BCUT2D eigenvalue weighted by atomic mass is 9.92. The van der Waals surface area contributed by atoms with Crippen LogP contribution in [0.3, 0.4) is 0 Å². The fourth-order valence-corrected chi connectivity index (χ4v) is 2.75. The summed E-state index contributed by atoms with van der Waals surface area (Å²) in [6.45, 7) is 5.91. The molecule has 1 fully saturated rings. The van der Waals surface area contributed by atoms with E-state index in [4.69, 9.17) is 11.0 Å². The van der Waals surface area contributed by atoms with Crippen molar-refractivity contribution in [2.45, 2.75) is 57.5 Å². The molecule has 1 aliphatic rings. The molecule has 0 bridgehead atoms. The number of amides is 1. The van der Waals surface area contributed by atoms with Gasteiger partial charge in [0.15, 0.2) is 0 Å². The third-order valence-electron chi connectivity index (χ3n) is 4.58. The van der Waals surface area contributed by atoms with Crippen molar-refractivity contribution in [3.8, 4) is 6.07 Å². The average Bonchev–Trinajstić information content (AvgIpc) is 2.44. The molecule has 1 amide bonds. The molecule has 1 rings (SSSR count). The minimum absolute atomic E-state index is 0.00730. The van der Waals surface area contributed by atoms with E-state index in [1.807, 2.05) is 14.0 Å². The molecule has 20 heavy (non-hydrogen) atoms. The van der Waals surface area contributed by atoms with Crippen molar-refractivity contribution in [2.24, 2.45) is 11.7 Å². The number of nitrogens with zero attached hydrogens (tertiary/aromatic N) is 2. The molecule has 0 saturated carbocycles. The molecule has 1 aliphatic heterocycles. The number of nitriles is 1. The molecule has 1 saturated heterocycles. The van der Waals surface area contributed by atoms with Gasteiger partial charge in [0.2, 0.25) is 5.91 Å². The van der Waals surface area contributed by atoms with Gasteiger partial charge in [0, 0.05) is 12.6 Å². The van der Waals surface area contributed by atoms with Crippen LogP contribution in [-0.4, -0.2) is 42.5 Å². The van der Waals surface area contributed by atoms with Crippen molar-refractivity contribution in [1.29, 1.82) is 5.26 Å². The standard InChI is InChI=1S/C15H28N4O/c1-12-6-7-13(14(17)20)10-19(12)9-5-4-8-15(2,11-16)18-3/h12-13,18H,4-10H2,1-3H3,(H2,17,20). The van der Waals surface area contributed by atoms with E-state index in [-0.39, 0.29) is 11.8 Å². The molecule has 5 heteroatoms. The molecule has 3 N–H and O–H groups in total. The van der Waals surface area contributed by atoms with Crippen LogP contribution in [0.25, 0.3) is 0 Å². The number of nitrogens with one attached hydrogen (secondary N) is 1. The van der Waals surface area contributed by atoms with E-state index in [1.165, 1.54) is 0 Å². The molecular formula is C15H28N4O. The number of likely N-dealkylation sites (tertiary alicyclic amines) is 1. The number of carbonyl (C=O) groups is 1. The third-order valence-corrected chi connectivity index (χ3v) is 4.58. The monoisotopic (exact) mass is 280 g/mol. The summed E-state index contributed by atoms with van der Waals surface area (Å²) in [5, 5.41) is 12.2. The Bertz CT molecular complexity index is 365. The van der Waals surface area contributed by atoms with Gasteiger partial charge in [-0.15, -0.1) is 0 Å². The van der Waals surface area contributed by atoms with Crippen molar-refractivity contribution in [2.75, 3.05) is 20.1 Å². The van der Waals surface area contributed by atoms with Gasteiger partial charge in [-0.3, -0.25) is 9.69 Å². The molecule has 0 spiro atoms.